The minimum atomic E-state index is -2.98. The topological polar surface area (TPSA) is 93.0 Å². The Morgan fingerprint density at radius 3 is 2.68 bits per heavy atom. The summed E-state index contributed by atoms with van der Waals surface area (Å²) in [4.78, 5) is 25.3. The first-order valence-electron chi connectivity index (χ1n) is 8.27. The zero-order valence-electron chi connectivity index (χ0n) is 15.4. The van der Waals surface area contributed by atoms with E-state index in [1.54, 1.807) is 30.1 Å². The maximum absolute atomic E-state index is 12.5. The fourth-order valence-corrected chi connectivity index (χ4v) is 2.41. The number of imide groups is 1. The van der Waals surface area contributed by atoms with Crippen LogP contribution in [0.1, 0.15) is 11.3 Å². The van der Waals surface area contributed by atoms with Crippen LogP contribution in [0.25, 0.3) is 0 Å². The predicted molar refractivity (Wildman–Crippen MR) is 95.0 cm³/mol. The molecule has 0 aliphatic heterocycles. The molecule has 0 saturated carbocycles. The summed E-state index contributed by atoms with van der Waals surface area (Å²) in [6.07, 6.45) is 1.48. The Hall–Kier alpha value is -3.14. The third-order valence-electron chi connectivity index (χ3n) is 3.57. The summed E-state index contributed by atoms with van der Waals surface area (Å²) < 4.78 is 39.5. The molecule has 0 fully saturated rings. The Balaban J connectivity index is 1.82. The van der Waals surface area contributed by atoms with E-state index in [-0.39, 0.29) is 31.1 Å². The quantitative estimate of drug-likeness (QED) is 0.675. The number of likely N-dealkylation sites (N-methyl/N-ethyl adjacent to an activating group) is 1. The van der Waals surface area contributed by atoms with Crippen LogP contribution in [-0.2, 0) is 17.9 Å². The highest BCUT2D eigenvalue weighted by Crippen LogP contribution is 2.29. The molecule has 0 aliphatic rings. The lowest BCUT2D eigenvalue weighted by atomic mass is 10.2. The molecular formula is C18H21F2N3O5. The number of rotatable bonds is 9. The van der Waals surface area contributed by atoms with Crippen LogP contribution in [0.4, 0.5) is 13.6 Å². The van der Waals surface area contributed by atoms with Gasteiger partial charge >= 0.3 is 12.6 Å². The average molecular weight is 397 g/mol. The van der Waals surface area contributed by atoms with Gasteiger partial charge in [0.1, 0.15) is 5.76 Å². The third-order valence-corrected chi connectivity index (χ3v) is 3.57. The molecular weight excluding hydrogens is 376 g/mol. The molecule has 0 bridgehead atoms. The summed E-state index contributed by atoms with van der Waals surface area (Å²) in [7, 11) is 3.00. The molecule has 0 spiro atoms. The van der Waals surface area contributed by atoms with Crippen molar-refractivity contribution in [3.05, 3.63) is 47.9 Å². The van der Waals surface area contributed by atoms with Crippen molar-refractivity contribution in [3.63, 3.8) is 0 Å². The average Bonchev–Trinajstić information content (AvgIpc) is 3.13. The van der Waals surface area contributed by atoms with E-state index in [1.165, 1.54) is 25.5 Å². The molecule has 1 aromatic heterocycles. The van der Waals surface area contributed by atoms with Crippen LogP contribution in [-0.4, -0.2) is 44.2 Å². The van der Waals surface area contributed by atoms with Gasteiger partial charge in [-0.1, -0.05) is 6.07 Å². The summed E-state index contributed by atoms with van der Waals surface area (Å²) in [6.45, 7) is -2.64. The summed E-state index contributed by atoms with van der Waals surface area (Å²) in [6, 6.07) is 7.31. The van der Waals surface area contributed by atoms with Crippen LogP contribution in [0.3, 0.4) is 0 Å². The Bertz CT molecular complexity index is 784. The van der Waals surface area contributed by atoms with Crippen LogP contribution in [0.15, 0.2) is 41.0 Å². The number of halogens is 2. The molecule has 1 heterocycles. The van der Waals surface area contributed by atoms with E-state index in [0.29, 0.717) is 11.3 Å². The summed E-state index contributed by atoms with van der Waals surface area (Å²) >= 11 is 0. The van der Waals surface area contributed by atoms with Crippen LogP contribution in [0.5, 0.6) is 11.5 Å². The molecule has 1 aromatic carbocycles. The number of methoxy groups -OCH3 is 1. The lowest BCUT2D eigenvalue weighted by Gasteiger charge is -2.17. The summed E-state index contributed by atoms with van der Waals surface area (Å²) in [5.74, 6) is 0.126. The van der Waals surface area contributed by atoms with Gasteiger partial charge < -0.3 is 19.2 Å². The second kappa shape index (κ2) is 10.3. The lowest BCUT2D eigenvalue weighted by Crippen LogP contribution is -2.43. The van der Waals surface area contributed by atoms with Gasteiger partial charge in [0, 0.05) is 6.54 Å². The molecule has 0 unspecified atom stereocenters. The number of furan rings is 1. The summed E-state index contributed by atoms with van der Waals surface area (Å²) in [5, 5.41) is 4.69. The van der Waals surface area contributed by atoms with Crippen molar-refractivity contribution < 1.29 is 32.3 Å². The van der Waals surface area contributed by atoms with Crippen molar-refractivity contribution in [1.82, 2.24) is 15.5 Å². The van der Waals surface area contributed by atoms with Crippen molar-refractivity contribution in [2.75, 3.05) is 20.7 Å². The Kier molecular flexibility index (Phi) is 7.76. The van der Waals surface area contributed by atoms with Crippen molar-refractivity contribution in [2.24, 2.45) is 0 Å². The predicted octanol–water partition coefficient (Wildman–Crippen LogP) is 2.35. The highest BCUT2D eigenvalue weighted by Gasteiger charge is 2.14. The Morgan fingerprint density at radius 2 is 2.04 bits per heavy atom. The van der Waals surface area contributed by atoms with Gasteiger partial charge in [0.25, 0.3) is 0 Å². The highest BCUT2D eigenvalue weighted by molar-refractivity contribution is 5.95. The van der Waals surface area contributed by atoms with Crippen LogP contribution < -0.4 is 20.1 Å². The van der Waals surface area contributed by atoms with Gasteiger partial charge in [-0.05, 0) is 36.9 Å². The first-order valence-corrected chi connectivity index (χ1v) is 8.27. The number of nitrogens with one attached hydrogen (secondary N) is 2. The molecule has 2 rings (SSSR count). The maximum Gasteiger partial charge on any atom is 0.387 e. The van der Waals surface area contributed by atoms with Crippen molar-refractivity contribution in [2.45, 2.75) is 19.7 Å². The van der Waals surface area contributed by atoms with Crippen molar-refractivity contribution >= 4 is 11.9 Å². The fourth-order valence-electron chi connectivity index (χ4n) is 2.41. The SMILES string of the molecule is COc1ccc(CN(C)CC(=O)NC(=O)NCc2ccco2)cc1OC(F)F. The second-order valence-electron chi connectivity index (χ2n) is 5.85. The van der Waals surface area contributed by atoms with E-state index in [1.807, 2.05) is 0 Å². The molecule has 0 saturated heterocycles. The number of urea groups is 1. The third kappa shape index (κ3) is 6.88. The van der Waals surface area contributed by atoms with Gasteiger partial charge in [-0.2, -0.15) is 8.78 Å². The summed E-state index contributed by atoms with van der Waals surface area (Å²) in [5.41, 5.74) is 0.633. The molecule has 152 valence electrons. The molecule has 2 N–H and O–H groups in total. The van der Waals surface area contributed by atoms with E-state index in [0.717, 1.165) is 0 Å². The van der Waals surface area contributed by atoms with Crippen molar-refractivity contribution in [1.29, 1.82) is 0 Å². The highest BCUT2D eigenvalue weighted by atomic mass is 19.3. The fraction of sp³-hybridized carbons (Fsp3) is 0.333. The number of hydrogen-bond acceptors (Lipinski definition) is 6. The molecule has 2 aromatic rings. The first kappa shape index (κ1) is 21.2. The molecule has 10 heteroatoms. The van der Waals surface area contributed by atoms with Crippen molar-refractivity contribution in [3.8, 4) is 11.5 Å². The first-order chi connectivity index (χ1) is 13.4. The van der Waals surface area contributed by atoms with E-state index >= 15 is 0 Å². The normalized spacial score (nSPS) is 10.8. The van der Waals surface area contributed by atoms with Crippen LogP contribution in [0, 0.1) is 0 Å². The number of alkyl halides is 2. The number of benzene rings is 1. The molecule has 0 atom stereocenters. The number of hydrogen-bond donors (Lipinski definition) is 2. The minimum Gasteiger partial charge on any atom is -0.493 e. The van der Waals surface area contributed by atoms with Gasteiger partial charge in [0.05, 0.1) is 26.5 Å². The zero-order chi connectivity index (χ0) is 20.5. The number of amides is 3. The molecule has 0 aliphatic carbocycles. The number of carbonyl (C=O) groups is 2. The van der Waals surface area contributed by atoms with Crippen LogP contribution >= 0.6 is 0 Å². The van der Waals surface area contributed by atoms with E-state index in [4.69, 9.17) is 9.15 Å². The second-order valence-corrected chi connectivity index (χ2v) is 5.85. The van der Waals surface area contributed by atoms with Gasteiger partial charge in [0.15, 0.2) is 11.5 Å². The lowest BCUT2D eigenvalue weighted by molar-refractivity contribution is -0.121. The number of ether oxygens (including phenoxy) is 2. The Labute approximate surface area is 160 Å². The molecule has 28 heavy (non-hydrogen) atoms. The zero-order valence-corrected chi connectivity index (χ0v) is 15.4. The molecule has 0 radical (unpaired) electrons. The van der Waals surface area contributed by atoms with Gasteiger partial charge in [-0.15, -0.1) is 0 Å². The maximum atomic E-state index is 12.5. The largest absolute Gasteiger partial charge is 0.493 e. The van der Waals surface area contributed by atoms with E-state index < -0.39 is 18.5 Å². The molecule has 3 amide bonds. The number of nitrogens with zero attached hydrogens (tertiary/aromatic N) is 1. The minimum absolute atomic E-state index is 0.0781. The monoisotopic (exact) mass is 397 g/mol. The smallest absolute Gasteiger partial charge is 0.387 e. The van der Waals surface area contributed by atoms with E-state index in [9.17, 15) is 18.4 Å². The van der Waals surface area contributed by atoms with Gasteiger partial charge in [-0.3, -0.25) is 15.0 Å². The van der Waals surface area contributed by atoms with Crippen LogP contribution in [0.2, 0.25) is 0 Å². The number of carbonyl (C=O) groups excluding carboxylic acids is 2. The molecule has 8 nitrogen and oxygen atoms in total. The van der Waals surface area contributed by atoms with E-state index in [2.05, 4.69) is 15.4 Å². The standard InChI is InChI=1S/C18H21F2N3O5/c1-23(10-12-5-6-14(26-2)15(8-12)28-17(19)20)11-16(24)22-18(25)21-9-13-4-3-7-27-13/h3-8,17H,9-11H2,1-2H3,(H2,21,22,24,25). The van der Waals surface area contributed by atoms with Gasteiger partial charge in [-0.25, -0.2) is 4.79 Å². The Morgan fingerprint density at radius 1 is 1.25 bits per heavy atom. The van der Waals surface area contributed by atoms with Gasteiger partial charge in [0.2, 0.25) is 5.91 Å².